The Morgan fingerprint density at radius 1 is 1.44 bits per heavy atom. The molecule has 84 valence electrons. The maximum absolute atomic E-state index is 13.4. The van der Waals surface area contributed by atoms with Crippen molar-refractivity contribution in [1.82, 2.24) is 9.78 Å². The van der Waals surface area contributed by atoms with Gasteiger partial charge in [0.25, 0.3) is 0 Å². The van der Waals surface area contributed by atoms with Gasteiger partial charge in [-0.3, -0.25) is 4.68 Å². The van der Waals surface area contributed by atoms with E-state index in [1.807, 2.05) is 13.1 Å². The minimum atomic E-state index is -0.259. The van der Waals surface area contributed by atoms with Crippen molar-refractivity contribution in [2.75, 3.05) is 5.32 Å². The Hall–Kier alpha value is -1.36. The summed E-state index contributed by atoms with van der Waals surface area (Å²) < 4.78 is 16.0. The molecule has 0 unspecified atom stereocenters. The predicted molar refractivity (Wildman–Crippen MR) is 64.6 cm³/mol. The molecule has 0 aliphatic carbocycles. The number of rotatable bonds is 3. The molecule has 0 fully saturated rings. The van der Waals surface area contributed by atoms with Crippen molar-refractivity contribution in [3.05, 3.63) is 46.4 Å². The van der Waals surface area contributed by atoms with Crippen molar-refractivity contribution >= 4 is 21.6 Å². The van der Waals surface area contributed by atoms with Gasteiger partial charge in [-0.15, -0.1) is 0 Å². The van der Waals surface area contributed by atoms with Crippen LogP contribution in [0.5, 0.6) is 0 Å². The largest absolute Gasteiger partial charge is 0.377 e. The number of aryl methyl sites for hydroxylation is 1. The number of nitrogens with zero attached hydrogens (tertiary/aromatic N) is 2. The van der Waals surface area contributed by atoms with Crippen LogP contribution in [-0.4, -0.2) is 9.78 Å². The van der Waals surface area contributed by atoms with Crippen molar-refractivity contribution in [3.63, 3.8) is 0 Å². The zero-order valence-electron chi connectivity index (χ0n) is 8.74. The number of aromatic nitrogens is 2. The molecule has 3 nitrogen and oxygen atoms in total. The van der Waals surface area contributed by atoms with E-state index < -0.39 is 0 Å². The molecule has 0 bridgehead atoms. The highest BCUT2D eigenvalue weighted by molar-refractivity contribution is 9.10. The van der Waals surface area contributed by atoms with Gasteiger partial charge in [0, 0.05) is 17.7 Å². The highest BCUT2D eigenvalue weighted by Crippen LogP contribution is 2.20. The number of anilines is 1. The van der Waals surface area contributed by atoms with E-state index in [2.05, 4.69) is 26.3 Å². The lowest BCUT2D eigenvalue weighted by Crippen LogP contribution is -2.06. The Kier molecular flexibility index (Phi) is 3.24. The van der Waals surface area contributed by atoms with Crippen molar-refractivity contribution in [2.24, 2.45) is 7.05 Å². The smallest absolute Gasteiger partial charge is 0.146 e. The monoisotopic (exact) mass is 283 g/mol. The van der Waals surface area contributed by atoms with E-state index in [0.717, 1.165) is 10.2 Å². The molecule has 0 saturated heterocycles. The molecule has 0 aliphatic rings. The number of hydrogen-bond acceptors (Lipinski definition) is 2. The van der Waals surface area contributed by atoms with Crippen LogP contribution in [0.25, 0.3) is 0 Å². The van der Waals surface area contributed by atoms with Gasteiger partial charge >= 0.3 is 0 Å². The number of benzene rings is 1. The summed E-state index contributed by atoms with van der Waals surface area (Å²) in [6, 6.07) is 6.70. The van der Waals surface area contributed by atoms with Gasteiger partial charge in [0.1, 0.15) is 5.82 Å². The van der Waals surface area contributed by atoms with E-state index in [1.54, 1.807) is 23.0 Å². The van der Waals surface area contributed by atoms with Crippen LogP contribution in [0, 0.1) is 5.82 Å². The lowest BCUT2D eigenvalue weighted by Gasteiger charge is -2.08. The number of halogens is 2. The molecule has 1 aromatic carbocycles. The fourth-order valence-corrected chi connectivity index (χ4v) is 1.75. The average Bonchev–Trinajstić information content (AvgIpc) is 2.66. The molecule has 1 N–H and O–H groups in total. The van der Waals surface area contributed by atoms with Gasteiger partial charge in [-0.1, -0.05) is 15.9 Å². The molecule has 0 radical (unpaired) electrons. The van der Waals surface area contributed by atoms with Crippen molar-refractivity contribution in [1.29, 1.82) is 0 Å². The Labute approximate surface area is 101 Å². The van der Waals surface area contributed by atoms with Gasteiger partial charge in [0.2, 0.25) is 0 Å². The van der Waals surface area contributed by atoms with E-state index in [0.29, 0.717) is 12.2 Å². The van der Waals surface area contributed by atoms with Crippen molar-refractivity contribution < 1.29 is 4.39 Å². The molecule has 1 aromatic heterocycles. The number of hydrogen-bond donors (Lipinski definition) is 1. The van der Waals surface area contributed by atoms with Crippen LogP contribution >= 0.6 is 15.9 Å². The fraction of sp³-hybridized carbons (Fsp3) is 0.182. The van der Waals surface area contributed by atoms with E-state index in [9.17, 15) is 4.39 Å². The predicted octanol–water partition coefficient (Wildman–Crippen LogP) is 2.93. The van der Waals surface area contributed by atoms with Crippen LogP contribution in [0.3, 0.4) is 0 Å². The first kappa shape index (κ1) is 11.1. The Balaban J connectivity index is 2.10. The molecule has 0 amide bonds. The molecular weight excluding hydrogens is 273 g/mol. The van der Waals surface area contributed by atoms with Gasteiger partial charge < -0.3 is 5.32 Å². The number of nitrogens with one attached hydrogen (secondary N) is 1. The third-order valence-corrected chi connectivity index (χ3v) is 2.80. The average molecular weight is 284 g/mol. The Bertz CT molecular complexity index is 496. The van der Waals surface area contributed by atoms with Crippen LogP contribution in [0.1, 0.15) is 5.69 Å². The Morgan fingerprint density at radius 3 is 2.94 bits per heavy atom. The summed E-state index contributed by atoms with van der Waals surface area (Å²) in [5, 5.41) is 7.07. The molecule has 16 heavy (non-hydrogen) atoms. The molecule has 1 heterocycles. The molecule has 5 heteroatoms. The first-order valence-electron chi connectivity index (χ1n) is 4.82. The minimum absolute atomic E-state index is 0.259. The maximum Gasteiger partial charge on any atom is 0.146 e. The summed E-state index contributed by atoms with van der Waals surface area (Å²) in [4.78, 5) is 0. The normalized spacial score (nSPS) is 10.4. The highest BCUT2D eigenvalue weighted by Gasteiger charge is 2.03. The molecule has 0 spiro atoms. The van der Waals surface area contributed by atoms with E-state index in [4.69, 9.17) is 0 Å². The summed E-state index contributed by atoms with van der Waals surface area (Å²) in [5.41, 5.74) is 1.48. The van der Waals surface area contributed by atoms with Gasteiger partial charge in [-0.05, 0) is 24.3 Å². The van der Waals surface area contributed by atoms with Gasteiger partial charge in [-0.2, -0.15) is 5.10 Å². The van der Waals surface area contributed by atoms with Crippen molar-refractivity contribution in [2.45, 2.75) is 6.54 Å². The SMILES string of the molecule is Cn1nccc1CNc1cc(Br)ccc1F. The van der Waals surface area contributed by atoms with Gasteiger partial charge in [0.05, 0.1) is 17.9 Å². The second kappa shape index (κ2) is 4.65. The van der Waals surface area contributed by atoms with E-state index in [-0.39, 0.29) is 5.82 Å². The fourth-order valence-electron chi connectivity index (χ4n) is 1.39. The topological polar surface area (TPSA) is 29.9 Å². The minimum Gasteiger partial charge on any atom is -0.377 e. The molecular formula is C11H11BrFN3. The summed E-state index contributed by atoms with van der Waals surface area (Å²) >= 11 is 3.31. The Morgan fingerprint density at radius 2 is 2.25 bits per heavy atom. The third kappa shape index (κ3) is 2.41. The van der Waals surface area contributed by atoms with E-state index in [1.165, 1.54) is 6.07 Å². The summed E-state index contributed by atoms with van der Waals surface area (Å²) in [7, 11) is 1.86. The van der Waals surface area contributed by atoms with Crippen LogP contribution in [0.15, 0.2) is 34.9 Å². The molecule has 0 aliphatic heterocycles. The van der Waals surface area contributed by atoms with Crippen molar-refractivity contribution in [3.8, 4) is 0 Å². The van der Waals surface area contributed by atoms with E-state index >= 15 is 0 Å². The van der Waals surface area contributed by atoms with Crippen LogP contribution in [-0.2, 0) is 13.6 Å². The molecule has 0 saturated carbocycles. The van der Waals surface area contributed by atoms with Crippen LogP contribution in [0.4, 0.5) is 10.1 Å². The first-order valence-corrected chi connectivity index (χ1v) is 5.62. The second-order valence-electron chi connectivity index (χ2n) is 3.42. The summed E-state index contributed by atoms with van der Waals surface area (Å²) in [6.07, 6.45) is 1.72. The van der Waals surface area contributed by atoms with Crippen LogP contribution in [0.2, 0.25) is 0 Å². The van der Waals surface area contributed by atoms with Gasteiger partial charge in [-0.25, -0.2) is 4.39 Å². The maximum atomic E-state index is 13.4. The standard InChI is InChI=1S/C11H11BrFN3/c1-16-9(4-5-15-16)7-14-11-6-8(12)2-3-10(11)13/h2-6,14H,7H2,1H3. The zero-order chi connectivity index (χ0) is 11.5. The highest BCUT2D eigenvalue weighted by atomic mass is 79.9. The van der Waals surface area contributed by atoms with Crippen LogP contribution < -0.4 is 5.32 Å². The zero-order valence-corrected chi connectivity index (χ0v) is 10.3. The third-order valence-electron chi connectivity index (χ3n) is 2.31. The first-order chi connectivity index (χ1) is 7.66. The molecule has 2 aromatic rings. The molecule has 0 atom stereocenters. The summed E-state index contributed by atoms with van der Waals surface area (Å²) in [6.45, 7) is 0.546. The second-order valence-corrected chi connectivity index (χ2v) is 4.34. The quantitative estimate of drug-likeness (QED) is 0.939. The lowest BCUT2D eigenvalue weighted by atomic mass is 10.3. The lowest BCUT2D eigenvalue weighted by molar-refractivity contribution is 0.628. The molecule has 2 rings (SSSR count). The summed E-state index contributed by atoms with van der Waals surface area (Å²) in [5.74, 6) is -0.259. The van der Waals surface area contributed by atoms with Gasteiger partial charge in [0.15, 0.2) is 0 Å².